The van der Waals surface area contributed by atoms with Crippen molar-refractivity contribution in [3.8, 4) is 0 Å². The summed E-state index contributed by atoms with van der Waals surface area (Å²) in [6, 6.07) is 9.19. The molecule has 0 radical (unpaired) electrons. The highest BCUT2D eigenvalue weighted by molar-refractivity contribution is 5.75. The van der Waals surface area contributed by atoms with E-state index in [9.17, 15) is 9.59 Å². The van der Waals surface area contributed by atoms with E-state index in [-0.39, 0.29) is 23.8 Å². The predicted octanol–water partition coefficient (Wildman–Crippen LogP) is 4.48. The first-order chi connectivity index (χ1) is 12.2. The molecule has 2 atom stereocenters. The van der Waals surface area contributed by atoms with Gasteiger partial charge < -0.3 is 9.47 Å². The Kier molecular flexibility index (Phi) is 6.04. The van der Waals surface area contributed by atoms with Gasteiger partial charge in [-0.3, -0.25) is 9.59 Å². The molecule has 25 heavy (non-hydrogen) atoms. The fourth-order valence-electron chi connectivity index (χ4n) is 3.19. The Hall–Kier alpha value is -2.36. The van der Waals surface area contributed by atoms with E-state index in [0.717, 1.165) is 25.7 Å². The van der Waals surface area contributed by atoms with E-state index >= 15 is 0 Å². The molecule has 0 saturated carbocycles. The number of benzene rings is 1. The Bertz CT molecular complexity index is 609. The number of hydrogen-bond acceptors (Lipinski definition) is 4. The highest BCUT2D eigenvalue weighted by Gasteiger charge is 2.29. The van der Waals surface area contributed by atoms with Gasteiger partial charge in [-0.1, -0.05) is 54.6 Å². The molecule has 132 valence electrons. The zero-order chi connectivity index (χ0) is 17.5. The van der Waals surface area contributed by atoms with Gasteiger partial charge in [-0.05, 0) is 38.5 Å². The fraction of sp³-hybridized carbons (Fsp3) is 0.429. The number of hydrogen-bond donors (Lipinski definition) is 0. The minimum Gasteiger partial charge on any atom is -0.420 e. The smallest absolute Gasteiger partial charge is 0.312 e. The molecular weight excluding hydrogens is 316 g/mol. The van der Waals surface area contributed by atoms with Crippen molar-refractivity contribution in [1.82, 2.24) is 0 Å². The van der Waals surface area contributed by atoms with Gasteiger partial charge >= 0.3 is 11.9 Å². The number of esters is 2. The minimum absolute atomic E-state index is 0.160. The van der Waals surface area contributed by atoms with Crippen molar-refractivity contribution in [2.45, 2.75) is 44.8 Å². The van der Waals surface area contributed by atoms with Crippen molar-refractivity contribution in [2.24, 2.45) is 11.8 Å². The maximum atomic E-state index is 12.5. The van der Waals surface area contributed by atoms with Crippen molar-refractivity contribution >= 4 is 11.9 Å². The van der Waals surface area contributed by atoms with Crippen LogP contribution in [0.1, 0.15) is 50.4 Å². The Morgan fingerprint density at radius 2 is 1.32 bits per heavy atom. The van der Waals surface area contributed by atoms with Crippen molar-refractivity contribution in [3.05, 3.63) is 60.2 Å². The van der Waals surface area contributed by atoms with Gasteiger partial charge in [-0.25, -0.2) is 0 Å². The molecule has 0 aliphatic heterocycles. The summed E-state index contributed by atoms with van der Waals surface area (Å²) in [7, 11) is 0. The summed E-state index contributed by atoms with van der Waals surface area (Å²) in [5.41, 5.74) is 0.682. The van der Waals surface area contributed by atoms with E-state index in [4.69, 9.17) is 9.47 Å². The van der Waals surface area contributed by atoms with Gasteiger partial charge in [-0.2, -0.15) is 0 Å². The topological polar surface area (TPSA) is 52.6 Å². The molecule has 2 unspecified atom stereocenters. The largest absolute Gasteiger partial charge is 0.420 e. The summed E-state index contributed by atoms with van der Waals surface area (Å²) in [6.45, 7) is 0. The predicted molar refractivity (Wildman–Crippen MR) is 94.3 cm³/mol. The fourth-order valence-corrected chi connectivity index (χ4v) is 3.19. The highest BCUT2D eigenvalue weighted by atomic mass is 16.7. The zero-order valence-electron chi connectivity index (χ0n) is 14.3. The summed E-state index contributed by atoms with van der Waals surface area (Å²) >= 11 is 0. The zero-order valence-corrected chi connectivity index (χ0v) is 14.3. The molecule has 0 spiro atoms. The maximum absolute atomic E-state index is 12.5. The van der Waals surface area contributed by atoms with Crippen LogP contribution in [0.2, 0.25) is 0 Å². The molecule has 0 saturated heterocycles. The van der Waals surface area contributed by atoms with Crippen LogP contribution in [0, 0.1) is 11.8 Å². The number of ether oxygens (including phenoxy) is 2. The van der Waals surface area contributed by atoms with Crippen LogP contribution in [0.4, 0.5) is 0 Å². The number of rotatable bonds is 5. The first-order valence-electron chi connectivity index (χ1n) is 9.00. The summed E-state index contributed by atoms with van der Waals surface area (Å²) in [5, 5.41) is 0. The second kappa shape index (κ2) is 8.65. The van der Waals surface area contributed by atoms with Crippen LogP contribution in [0.25, 0.3) is 0 Å². The SMILES string of the molecule is O=C(OC(OC(=O)C1CC=CCC1)c1ccccc1)C1CC=CCC1. The third kappa shape index (κ3) is 4.81. The number of carbonyl (C=O) groups is 2. The summed E-state index contributed by atoms with van der Waals surface area (Å²) in [4.78, 5) is 25.0. The van der Waals surface area contributed by atoms with Gasteiger partial charge in [0.1, 0.15) is 0 Å². The summed E-state index contributed by atoms with van der Waals surface area (Å²) < 4.78 is 11.2. The lowest BCUT2D eigenvalue weighted by Crippen LogP contribution is -2.27. The molecule has 4 heteroatoms. The van der Waals surface area contributed by atoms with E-state index in [1.165, 1.54) is 0 Å². The molecule has 0 aromatic heterocycles. The highest BCUT2D eigenvalue weighted by Crippen LogP contribution is 2.28. The third-order valence-electron chi connectivity index (χ3n) is 4.72. The van der Waals surface area contributed by atoms with Crippen LogP contribution >= 0.6 is 0 Å². The van der Waals surface area contributed by atoms with Crippen molar-refractivity contribution in [3.63, 3.8) is 0 Å². The Morgan fingerprint density at radius 1 is 0.800 bits per heavy atom. The summed E-state index contributed by atoms with van der Waals surface area (Å²) in [6.07, 6.45) is 11.9. The lowest BCUT2D eigenvalue weighted by Gasteiger charge is -2.25. The molecule has 1 aromatic carbocycles. The number of allylic oxidation sites excluding steroid dienone is 4. The second-order valence-electron chi connectivity index (χ2n) is 6.58. The maximum Gasteiger partial charge on any atom is 0.312 e. The van der Waals surface area contributed by atoms with Crippen molar-refractivity contribution in [1.29, 1.82) is 0 Å². The van der Waals surface area contributed by atoms with E-state index in [1.54, 1.807) is 0 Å². The van der Waals surface area contributed by atoms with Gasteiger partial charge in [-0.15, -0.1) is 0 Å². The molecule has 0 bridgehead atoms. The average molecular weight is 340 g/mol. The van der Waals surface area contributed by atoms with E-state index in [0.29, 0.717) is 18.4 Å². The van der Waals surface area contributed by atoms with Crippen molar-refractivity contribution < 1.29 is 19.1 Å². The van der Waals surface area contributed by atoms with Crippen LogP contribution in [0.15, 0.2) is 54.6 Å². The van der Waals surface area contributed by atoms with Gasteiger partial charge in [0.2, 0.25) is 0 Å². The normalized spacial score (nSPS) is 23.7. The standard InChI is InChI=1S/C21H24O4/c22-19(16-10-4-1-5-11-16)24-21(18-14-8-3-9-15-18)25-20(23)17-12-6-2-7-13-17/h1-4,6,8-9,14-17,21H,5,7,10-13H2. The molecule has 0 fully saturated rings. The molecule has 4 nitrogen and oxygen atoms in total. The number of carbonyl (C=O) groups excluding carboxylic acids is 2. The van der Waals surface area contributed by atoms with Crippen LogP contribution in [-0.4, -0.2) is 11.9 Å². The Labute approximate surface area is 148 Å². The first-order valence-corrected chi connectivity index (χ1v) is 9.00. The lowest BCUT2D eigenvalue weighted by atomic mass is 9.94. The lowest BCUT2D eigenvalue weighted by molar-refractivity contribution is -0.196. The molecule has 1 aromatic rings. The van der Waals surface area contributed by atoms with Gasteiger partial charge in [0, 0.05) is 5.56 Å². The molecule has 3 rings (SSSR count). The third-order valence-corrected chi connectivity index (χ3v) is 4.72. The molecule has 0 N–H and O–H groups in total. The van der Waals surface area contributed by atoms with Gasteiger partial charge in [0.15, 0.2) is 0 Å². The summed E-state index contributed by atoms with van der Waals surface area (Å²) in [5.74, 6) is -0.913. The first kappa shape index (κ1) is 17.5. The quantitative estimate of drug-likeness (QED) is 0.450. The van der Waals surface area contributed by atoms with Gasteiger partial charge in [0.05, 0.1) is 11.8 Å². The van der Waals surface area contributed by atoms with Crippen LogP contribution in [-0.2, 0) is 19.1 Å². The van der Waals surface area contributed by atoms with Crippen LogP contribution in [0.5, 0.6) is 0 Å². The van der Waals surface area contributed by atoms with E-state index in [1.807, 2.05) is 42.5 Å². The van der Waals surface area contributed by atoms with Gasteiger partial charge in [0.25, 0.3) is 6.29 Å². The average Bonchev–Trinajstić information content (AvgIpc) is 2.69. The van der Waals surface area contributed by atoms with E-state index in [2.05, 4.69) is 12.2 Å². The molecule has 0 amide bonds. The molecule has 2 aliphatic carbocycles. The molecular formula is C21H24O4. The molecule has 0 heterocycles. The van der Waals surface area contributed by atoms with Crippen LogP contribution < -0.4 is 0 Å². The Balaban J connectivity index is 1.69. The molecule has 2 aliphatic rings. The Morgan fingerprint density at radius 3 is 1.76 bits per heavy atom. The second-order valence-corrected chi connectivity index (χ2v) is 6.58. The minimum atomic E-state index is -0.974. The van der Waals surface area contributed by atoms with E-state index < -0.39 is 6.29 Å². The monoisotopic (exact) mass is 340 g/mol. The van der Waals surface area contributed by atoms with Crippen molar-refractivity contribution in [2.75, 3.05) is 0 Å². The van der Waals surface area contributed by atoms with Crippen LogP contribution in [0.3, 0.4) is 0 Å².